The van der Waals surface area contributed by atoms with E-state index in [1.54, 1.807) is 13.0 Å². The first-order valence-electron chi connectivity index (χ1n) is 4.57. The maximum Gasteiger partial charge on any atom is 0.453 e. The van der Waals surface area contributed by atoms with Crippen LogP contribution < -0.4 is 5.73 Å². The van der Waals surface area contributed by atoms with Crippen LogP contribution in [0, 0.1) is 0 Å². The standard InChI is InChI=1S/C9H9F3N4/c1-5(13)6-2-3-7-14-8(9(10,11)12)15-16(7)4-6/h2-5H,13H2,1H3. The van der Waals surface area contributed by atoms with Crippen molar-refractivity contribution in [3.05, 3.63) is 29.7 Å². The van der Waals surface area contributed by atoms with E-state index >= 15 is 0 Å². The SMILES string of the molecule is CC(N)c1ccc2nc(C(F)(F)F)nn2c1. The largest absolute Gasteiger partial charge is 0.453 e. The minimum atomic E-state index is -4.53. The van der Waals surface area contributed by atoms with Gasteiger partial charge in [-0.2, -0.15) is 13.2 Å². The molecule has 2 N–H and O–H groups in total. The van der Waals surface area contributed by atoms with Crippen LogP contribution in [0.5, 0.6) is 0 Å². The highest BCUT2D eigenvalue weighted by atomic mass is 19.4. The van der Waals surface area contributed by atoms with Crippen LogP contribution in [0.2, 0.25) is 0 Å². The number of rotatable bonds is 1. The molecule has 7 heteroatoms. The summed E-state index contributed by atoms with van der Waals surface area (Å²) in [6, 6.07) is 2.83. The highest BCUT2D eigenvalue weighted by Crippen LogP contribution is 2.26. The van der Waals surface area contributed by atoms with Gasteiger partial charge in [-0.05, 0) is 18.6 Å². The lowest BCUT2D eigenvalue weighted by Gasteiger charge is -2.04. The van der Waals surface area contributed by atoms with Crippen LogP contribution in [0.1, 0.15) is 24.4 Å². The fourth-order valence-corrected chi connectivity index (χ4v) is 1.29. The van der Waals surface area contributed by atoms with E-state index in [0.717, 1.165) is 4.52 Å². The van der Waals surface area contributed by atoms with Gasteiger partial charge < -0.3 is 5.73 Å². The first-order chi connectivity index (χ1) is 7.38. The zero-order valence-electron chi connectivity index (χ0n) is 8.36. The zero-order chi connectivity index (χ0) is 11.9. The van der Waals surface area contributed by atoms with Gasteiger partial charge in [0.15, 0.2) is 5.65 Å². The Labute approximate surface area is 88.9 Å². The summed E-state index contributed by atoms with van der Waals surface area (Å²) < 4.78 is 38.1. The predicted octanol–water partition coefficient (Wildman–Crippen LogP) is 1.77. The van der Waals surface area contributed by atoms with Gasteiger partial charge in [0, 0.05) is 12.2 Å². The highest BCUT2D eigenvalue weighted by Gasteiger charge is 2.36. The second-order valence-corrected chi connectivity index (χ2v) is 3.49. The molecule has 2 aromatic heterocycles. The number of fused-ring (bicyclic) bond motifs is 1. The third-order valence-electron chi connectivity index (χ3n) is 2.13. The van der Waals surface area contributed by atoms with Crippen molar-refractivity contribution in [1.82, 2.24) is 14.6 Å². The van der Waals surface area contributed by atoms with Crippen LogP contribution in [0.25, 0.3) is 5.65 Å². The fourth-order valence-electron chi connectivity index (χ4n) is 1.29. The van der Waals surface area contributed by atoms with E-state index in [-0.39, 0.29) is 11.7 Å². The molecule has 0 bridgehead atoms. The minimum Gasteiger partial charge on any atom is -0.324 e. The lowest BCUT2D eigenvalue weighted by molar-refractivity contribution is -0.144. The normalized spacial score (nSPS) is 14.3. The van der Waals surface area contributed by atoms with Crippen molar-refractivity contribution in [2.75, 3.05) is 0 Å². The second-order valence-electron chi connectivity index (χ2n) is 3.49. The van der Waals surface area contributed by atoms with Gasteiger partial charge in [-0.25, -0.2) is 9.50 Å². The van der Waals surface area contributed by atoms with Crippen LogP contribution >= 0.6 is 0 Å². The summed E-state index contributed by atoms with van der Waals surface area (Å²) in [5.74, 6) is -1.14. The number of halogens is 3. The van der Waals surface area contributed by atoms with Crippen molar-refractivity contribution in [2.45, 2.75) is 19.1 Å². The summed E-state index contributed by atoms with van der Waals surface area (Å²) in [5, 5.41) is 3.35. The Morgan fingerprint density at radius 2 is 2.06 bits per heavy atom. The van der Waals surface area contributed by atoms with Crippen molar-refractivity contribution < 1.29 is 13.2 Å². The molecule has 0 saturated carbocycles. The van der Waals surface area contributed by atoms with E-state index in [0.29, 0.717) is 5.56 Å². The average Bonchev–Trinajstić information content (AvgIpc) is 2.58. The molecule has 16 heavy (non-hydrogen) atoms. The minimum absolute atomic E-state index is 0.150. The molecular weight excluding hydrogens is 221 g/mol. The molecular formula is C9H9F3N4. The molecule has 2 rings (SSSR count). The fraction of sp³-hybridized carbons (Fsp3) is 0.333. The third kappa shape index (κ3) is 1.85. The summed E-state index contributed by atoms with van der Waals surface area (Å²) in [7, 11) is 0. The van der Waals surface area contributed by atoms with Gasteiger partial charge in [0.2, 0.25) is 0 Å². The molecule has 0 aromatic carbocycles. The first kappa shape index (κ1) is 10.9. The number of alkyl halides is 3. The Hall–Kier alpha value is -1.63. The molecule has 0 aliphatic carbocycles. The molecule has 2 heterocycles. The van der Waals surface area contributed by atoms with E-state index in [1.807, 2.05) is 0 Å². The van der Waals surface area contributed by atoms with Gasteiger partial charge in [-0.3, -0.25) is 0 Å². The summed E-state index contributed by atoms with van der Waals surface area (Å²) >= 11 is 0. The van der Waals surface area contributed by atoms with E-state index in [9.17, 15) is 13.2 Å². The van der Waals surface area contributed by atoms with Gasteiger partial charge in [0.25, 0.3) is 5.82 Å². The molecule has 1 atom stereocenters. The quantitative estimate of drug-likeness (QED) is 0.812. The number of nitrogens with zero attached hydrogens (tertiary/aromatic N) is 3. The van der Waals surface area contributed by atoms with Crippen LogP contribution in [0.4, 0.5) is 13.2 Å². The highest BCUT2D eigenvalue weighted by molar-refractivity contribution is 5.39. The van der Waals surface area contributed by atoms with Gasteiger partial charge in [-0.1, -0.05) is 6.07 Å². The Balaban J connectivity index is 2.54. The Morgan fingerprint density at radius 1 is 1.38 bits per heavy atom. The first-order valence-corrected chi connectivity index (χ1v) is 4.57. The smallest absolute Gasteiger partial charge is 0.324 e. The second kappa shape index (κ2) is 3.44. The van der Waals surface area contributed by atoms with Gasteiger partial charge in [0.1, 0.15) is 0 Å². The van der Waals surface area contributed by atoms with Crippen molar-refractivity contribution in [2.24, 2.45) is 5.73 Å². The molecule has 2 aromatic rings. The van der Waals surface area contributed by atoms with E-state index in [2.05, 4.69) is 10.1 Å². The molecule has 0 fully saturated rings. The molecule has 86 valence electrons. The van der Waals surface area contributed by atoms with Crippen LogP contribution in [0.3, 0.4) is 0 Å². The summed E-state index contributed by atoms with van der Waals surface area (Å²) in [6.45, 7) is 1.74. The van der Waals surface area contributed by atoms with E-state index in [4.69, 9.17) is 5.73 Å². The summed E-state index contributed by atoms with van der Waals surface area (Å²) in [5.41, 5.74) is 6.46. The monoisotopic (exact) mass is 230 g/mol. The maximum atomic E-state index is 12.3. The van der Waals surface area contributed by atoms with Crippen molar-refractivity contribution in [3.8, 4) is 0 Å². The molecule has 1 unspecified atom stereocenters. The molecule has 0 radical (unpaired) electrons. The Morgan fingerprint density at radius 3 is 2.62 bits per heavy atom. The van der Waals surface area contributed by atoms with Crippen LogP contribution in [-0.4, -0.2) is 14.6 Å². The number of hydrogen-bond donors (Lipinski definition) is 1. The topological polar surface area (TPSA) is 56.2 Å². The molecule has 0 amide bonds. The van der Waals surface area contributed by atoms with Gasteiger partial charge >= 0.3 is 6.18 Å². The van der Waals surface area contributed by atoms with Crippen LogP contribution in [0.15, 0.2) is 18.3 Å². The summed E-state index contributed by atoms with van der Waals surface area (Å²) in [4.78, 5) is 3.37. The third-order valence-corrected chi connectivity index (χ3v) is 2.13. The number of hydrogen-bond acceptors (Lipinski definition) is 3. The molecule has 0 aliphatic rings. The van der Waals surface area contributed by atoms with E-state index < -0.39 is 12.0 Å². The van der Waals surface area contributed by atoms with Crippen molar-refractivity contribution in [3.63, 3.8) is 0 Å². The lowest BCUT2D eigenvalue weighted by Crippen LogP contribution is -2.08. The lowest BCUT2D eigenvalue weighted by atomic mass is 10.2. The van der Waals surface area contributed by atoms with Crippen molar-refractivity contribution in [1.29, 1.82) is 0 Å². The Kier molecular flexibility index (Phi) is 2.34. The Bertz CT molecular complexity index is 515. The molecule has 0 aliphatic heterocycles. The van der Waals surface area contributed by atoms with E-state index in [1.165, 1.54) is 12.3 Å². The number of aromatic nitrogens is 3. The van der Waals surface area contributed by atoms with Gasteiger partial charge in [0.05, 0.1) is 0 Å². The number of nitrogens with two attached hydrogens (primary N) is 1. The van der Waals surface area contributed by atoms with Crippen molar-refractivity contribution >= 4 is 5.65 Å². The zero-order valence-corrected chi connectivity index (χ0v) is 8.36. The maximum absolute atomic E-state index is 12.3. The molecule has 4 nitrogen and oxygen atoms in total. The molecule has 0 spiro atoms. The van der Waals surface area contributed by atoms with Crippen LogP contribution in [-0.2, 0) is 6.18 Å². The molecule has 0 saturated heterocycles. The predicted molar refractivity (Wildman–Crippen MR) is 50.6 cm³/mol. The number of pyridine rings is 1. The average molecular weight is 230 g/mol. The summed E-state index contributed by atoms with van der Waals surface area (Å²) in [6.07, 6.45) is -3.08. The van der Waals surface area contributed by atoms with Gasteiger partial charge in [-0.15, -0.1) is 5.10 Å².